The second kappa shape index (κ2) is 10.8. The molecule has 1 N–H and O–H groups in total. The summed E-state index contributed by atoms with van der Waals surface area (Å²) in [5.74, 6) is -0.539. The normalized spacial score (nSPS) is 11.8. The monoisotopic (exact) mass is 483 g/mol. The molecule has 1 atom stereocenters. The first-order valence-corrected chi connectivity index (χ1v) is 9.21. The molecule has 142 valence electrons. The van der Waals surface area contributed by atoms with Gasteiger partial charge in [0.05, 0.1) is 11.4 Å². The van der Waals surface area contributed by atoms with Gasteiger partial charge in [-0.1, -0.05) is 50.7 Å². The second-order valence-electron chi connectivity index (χ2n) is 5.37. The molecule has 0 fully saturated rings. The van der Waals surface area contributed by atoms with Crippen LogP contribution < -0.4 is 10.1 Å². The van der Waals surface area contributed by atoms with E-state index in [0.717, 1.165) is 0 Å². The Morgan fingerprint density at radius 1 is 1.31 bits per heavy atom. The molecule has 0 saturated heterocycles. The van der Waals surface area contributed by atoms with Crippen LogP contribution in [0.3, 0.4) is 0 Å². The van der Waals surface area contributed by atoms with Crippen LogP contribution in [0, 0.1) is 0 Å². The number of halogens is 4. The van der Waals surface area contributed by atoms with Crippen LogP contribution in [0.15, 0.2) is 37.2 Å². The molecule has 2 amide bonds. The largest absolute Gasteiger partial charge is 0.488 e. The average molecular weight is 486 g/mol. The van der Waals surface area contributed by atoms with Crippen LogP contribution in [0.4, 0.5) is 0 Å². The summed E-state index contributed by atoms with van der Waals surface area (Å²) < 4.78 is 5.97. The number of hydrogen-bond donors (Lipinski definition) is 1. The fourth-order valence-corrected chi connectivity index (χ4v) is 2.24. The Labute approximate surface area is 175 Å². The molecule has 0 aliphatic rings. The van der Waals surface area contributed by atoms with Crippen molar-refractivity contribution in [3.63, 3.8) is 0 Å². The summed E-state index contributed by atoms with van der Waals surface area (Å²) in [6.45, 7) is 1.51. The summed E-state index contributed by atoms with van der Waals surface area (Å²) in [7, 11) is 3.48. The van der Waals surface area contributed by atoms with Gasteiger partial charge in [0.1, 0.15) is 22.9 Å². The molecule has 26 heavy (non-hydrogen) atoms. The fraction of sp³-hybridized carbons (Fsp3) is 0.312. The Morgan fingerprint density at radius 3 is 2.54 bits per heavy atom. The predicted molar refractivity (Wildman–Crippen MR) is 108 cm³/mol. The molecule has 0 heterocycles. The Kier molecular flexibility index (Phi) is 9.43. The van der Waals surface area contributed by atoms with Crippen LogP contribution in [0.5, 0.6) is 5.75 Å². The van der Waals surface area contributed by atoms with Gasteiger partial charge in [0, 0.05) is 24.1 Å². The molecule has 0 bridgehead atoms. The maximum Gasteiger partial charge on any atom is 0.269 e. The standard InChI is InChI=1S/C16H17BrCl3N3O3/c1-9(15(24)21-8-23(2)3)22-16(25)10-4-11(17)6-12(5-10)26-7-13(18)14(19)20/h4-6,8-9H,7H2,1-3H3,(H,22,25)/b21-8+. The van der Waals surface area contributed by atoms with Gasteiger partial charge in [0.2, 0.25) is 0 Å². The molecular formula is C16H17BrCl3N3O3. The van der Waals surface area contributed by atoms with Gasteiger partial charge < -0.3 is 15.0 Å². The Bertz CT molecular complexity index is 735. The van der Waals surface area contributed by atoms with E-state index in [2.05, 4.69) is 26.2 Å². The lowest BCUT2D eigenvalue weighted by Gasteiger charge is -2.12. The molecular weight excluding hydrogens is 468 g/mol. The molecule has 0 spiro atoms. The number of carbonyl (C=O) groups is 2. The van der Waals surface area contributed by atoms with Crippen molar-refractivity contribution in [2.45, 2.75) is 13.0 Å². The van der Waals surface area contributed by atoms with Crippen LogP contribution in [-0.4, -0.2) is 49.8 Å². The number of aliphatic imine (C=N–C) groups is 1. The van der Waals surface area contributed by atoms with E-state index in [1.165, 1.54) is 12.4 Å². The summed E-state index contributed by atoms with van der Waals surface area (Å²) in [4.78, 5) is 29.6. The molecule has 10 heteroatoms. The van der Waals surface area contributed by atoms with Gasteiger partial charge in [-0.25, -0.2) is 4.99 Å². The third-order valence-electron chi connectivity index (χ3n) is 2.84. The quantitative estimate of drug-likeness (QED) is 0.469. The lowest BCUT2D eigenvalue weighted by atomic mass is 10.2. The highest BCUT2D eigenvalue weighted by molar-refractivity contribution is 9.10. The maximum atomic E-state index is 12.4. The first-order chi connectivity index (χ1) is 12.1. The molecule has 0 saturated carbocycles. The number of hydrogen-bond acceptors (Lipinski definition) is 3. The van der Waals surface area contributed by atoms with E-state index in [9.17, 15) is 9.59 Å². The van der Waals surface area contributed by atoms with E-state index in [0.29, 0.717) is 15.8 Å². The molecule has 1 aromatic carbocycles. The lowest BCUT2D eigenvalue weighted by Crippen LogP contribution is -2.38. The number of amides is 2. The second-order valence-corrected chi connectivity index (χ2v) is 7.69. The van der Waals surface area contributed by atoms with Crippen LogP contribution in [0.25, 0.3) is 0 Å². The average Bonchev–Trinajstić information content (AvgIpc) is 2.56. The Hall–Kier alpha value is -1.28. The fourth-order valence-electron chi connectivity index (χ4n) is 1.60. The molecule has 1 unspecified atom stereocenters. The van der Waals surface area contributed by atoms with E-state index in [4.69, 9.17) is 39.5 Å². The van der Waals surface area contributed by atoms with Crippen molar-refractivity contribution in [3.8, 4) is 5.75 Å². The minimum atomic E-state index is -0.783. The van der Waals surface area contributed by atoms with Gasteiger partial charge in [-0.2, -0.15) is 0 Å². The first kappa shape index (κ1) is 22.8. The van der Waals surface area contributed by atoms with Crippen LogP contribution in [0.2, 0.25) is 0 Å². The summed E-state index contributed by atoms with van der Waals surface area (Å²) in [5.41, 5.74) is 0.294. The summed E-state index contributed by atoms with van der Waals surface area (Å²) in [6.07, 6.45) is 1.37. The third-order valence-corrected chi connectivity index (χ3v) is 4.24. The highest BCUT2D eigenvalue weighted by Gasteiger charge is 2.17. The third kappa shape index (κ3) is 7.95. The van der Waals surface area contributed by atoms with Crippen molar-refractivity contribution < 1.29 is 14.3 Å². The van der Waals surface area contributed by atoms with E-state index in [-0.39, 0.29) is 16.1 Å². The molecule has 1 aromatic rings. The van der Waals surface area contributed by atoms with Crippen molar-refractivity contribution in [3.05, 3.63) is 37.8 Å². The SMILES string of the molecule is CC(NC(=O)c1cc(Br)cc(OCC(Cl)=C(Cl)Cl)c1)C(=O)/N=C/N(C)C. The smallest absolute Gasteiger partial charge is 0.269 e. The molecule has 0 aromatic heterocycles. The van der Waals surface area contributed by atoms with Crippen LogP contribution in [-0.2, 0) is 4.79 Å². The van der Waals surface area contributed by atoms with E-state index >= 15 is 0 Å². The number of nitrogens with zero attached hydrogens (tertiary/aromatic N) is 2. The maximum absolute atomic E-state index is 12.4. The van der Waals surface area contributed by atoms with Gasteiger partial charge >= 0.3 is 0 Å². The molecule has 0 radical (unpaired) electrons. The molecule has 0 aliphatic heterocycles. The molecule has 1 rings (SSSR count). The number of benzene rings is 1. The number of ether oxygens (including phenoxy) is 1. The van der Waals surface area contributed by atoms with Crippen LogP contribution >= 0.6 is 50.7 Å². The van der Waals surface area contributed by atoms with Crippen molar-refractivity contribution in [2.75, 3.05) is 20.7 Å². The predicted octanol–water partition coefficient (Wildman–Crippen LogP) is 3.95. The van der Waals surface area contributed by atoms with E-state index < -0.39 is 17.9 Å². The minimum Gasteiger partial charge on any atom is -0.488 e. The summed E-state index contributed by atoms with van der Waals surface area (Å²) >= 11 is 20.2. The first-order valence-electron chi connectivity index (χ1n) is 7.28. The Morgan fingerprint density at radius 2 is 1.96 bits per heavy atom. The highest BCUT2D eigenvalue weighted by Crippen LogP contribution is 2.24. The van der Waals surface area contributed by atoms with Crippen LogP contribution in [0.1, 0.15) is 17.3 Å². The van der Waals surface area contributed by atoms with Crippen molar-refractivity contribution in [1.29, 1.82) is 0 Å². The number of rotatable bonds is 7. The Balaban J connectivity index is 2.83. The van der Waals surface area contributed by atoms with Gasteiger partial charge in [0.15, 0.2) is 0 Å². The van der Waals surface area contributed by atoms with Crippen molar-refractivity contribution in [2.24, 2.45) is 4.99 Å². The molecule has 6 nitrogen and oxygen atoms in total. The number of carbonyl (C=O) groups excluding carboxylic acids is 2. The highest BCUT2D eigenvalue weighted by atomic mass is 79.9. The summed E-state index contributed by atoms with van der Waals surface area (Å²) in [6, 6.07) is 3.97. The van der Waals surface area contributed by atoms with Gasteiger partial charge in [-0.15, -0.1) is 0 Å². The zero-order chi connectivity index (χ0) is 19.9. The van der Waals surface area contributed by atoms with Gasteiger partial charge in [-0.05, 0) is 25.1 Å². The zero-order valence-electron chi connectivity index (χ0n) is 14.2. The van der Waals surface area contributed by atoms with Crippen molar-refractivity contribution in [1.82, 2.24) is 10.2 Å². The van der Waals surface area contributed by atoms with Gasteiger partial charge in [-0.3, -0.25) is 9.59 Å². The van der Waals surface area contributed by atoms with Crippen molar-refractivity contribution >= 4 is 68.9 Å². The lowest BCUT2D eigenvalue weighted by molar-refractivity contribution is -0.119. The van der Waals surface area contributed by atoms with E-state index in [1.807, 2.05) is 0 Å². The van der Waals surface area contributed by atoms with E-state index in [1.54, 1.807) is 38.1 Å². The zero-order valence-corrected chi connectivity index (χ0v) is 18.1. The summed E-state index contributed by atoms with van der Waals surface area (Å²) in [5, 5.41) is 2.72. The molecule has 0 aliphatic carbocycles. The number of nitrogens with one attached hydrogen (secondary N) is 1. The minimum absolute atomic E-state index is 0.0461. The van der Waals surface area contributed by atoms with Gasteiger partial charge in [0.25, 0.3) is 11.8 Å². The topological polar surface area (TPSA) is 71.0 Å².